The van der Waals surface area contributed by atoms with Crippen molar-refractivity contribution in [3.63, 3.8) is 0 Å². The van der Waals surface area contributed by atoms with Gasteiger partial charge in [0, 0.05) is 11.4 Å². The molecule has 0 saturated carbocycles. The zero-order valence-electron chi connectivity index (χ0n) is 9.41. The third-order valence-corrected chi connectivity index (χ3v) is 3.29. The second kappa shape index (κ2) is 5.22. The van der Waals surface area contributed by atoms with Gasteiger partial charge in [-0.3, -0.25) is 4.79 Å². The maximum absolute atomic E-state index is 11.6. The van der Waals surface area contributed by atoms with Crippen molar-refractivity contribution in [3.8, 4) is 0 Å². The van der Waals surface area contributed by atoms with E-state index in [-0.39, 0.29) is 11.0 Å². The van der Waals surface area contributed by atoms with Crippen molar-refractivity contribution in [2.75, 3.05) is 5.32 Å². The summed E-state index contributed by atoms with van der Waals surface area (Å²) in [5, 5.41) is 9.20. The lowest BCUT2D eigenvalue weighted by Gasteiger charge is -2.14. The third kappa shape index (κ3) is 2.80. The molecule has 0 aromatic heterocycles. The molecule has 1 N–H and O–H groups in total. The number of hydrogen-bond acceptors (Lipinski definition) is 3. The van der Waals surface area contributed by atoms with Gasteiger partial charge in [-0.1, -0.05) is 23.2 Å². The molecule has 1 amide bonds. The molecule has 0 radical (unpaired) electrons. The molecule has 0 fully saturated rings. The summed E-state index contributed by atoms with van der Waals surface area (Å²) in [4.78, 5) is 11.6. The summed E-state index contributed by atoms with van der Waals surface area (Å²) in [6.07, 6.45) is 0.295. The summed E-state index contributed by atoms with van der Waals surface area (Å²) in [7, 11) is 0. The van der Waals surface area contributed by atoms with Gasteiger partial charge in [-0.2, -0.15) is 10.1 Å². The van der Waals surface area contributed by atoms with Crippen LogP contribution in [-0.2, 0) is 4.79 Å². The normalized spacial score (nSPS) is 14.7. The van der Waals surface area contributed by atoms with E-state index in [0.29, 0.717) is 22.2 Å². The number of amides is 1. The Kier molecular flexibility index (Phi) is 3.85. The highest BCUT2D eigenvalue weighted by atomic mass is 35.5. The van der Waals surface area contributed by atoms with E-state index >= 15 is 0 Å². The van der Waals surface area contributed by atoms with E-state index < -0.39 is 0 Å². The van der Waals surface area contributed by atoms with Gasteiger partial charge in [0.15, 0.2) is 0 Å². The highest BCUT2D eigenvalue weighted by Gasteiger charge is 2.24. The molecule has 0 spiro atoms. The van der Waals surface area contributed by atoms with E-state index in [0.717, 1.165) is 5.71 Å². The van der Waals surface area contributed by atoms with Crippen molar-refractivity contribution in [3.05, 3.63) is 28.2 Å². The first-order valence-electron chi connectivity index (χ1n) is 5.10. The SMILES string of the molecule is CC1=NN(C(=S)Nc2ccc(Cl)c(Cl)c2)C(=O)C1. The topological polar surface area (TPSA) is 44.7 Å². The summed E-state index contributed by atoms with van der Waals surface area (Å²) in [6.45, 7) is 1.78. The van der Waals surface area contributed by atoms with Gasteiger partial charge in [0.25, 0.3) is 5.91 Å². The molecule has 0 saturated heterocycles. The van der Waals surface area contributed by atoms with Crippen LogP contribution in [0.25, 0.3) is 0 Å². The number of rotatable bonds is 1. The predicted molar refractivity (Wildman–Crippen MR) is 77.3 cm³/mol. The largest absolute Gasteiger partial charge is 0.331 e. The van der Waals surface area contributed by atoms with Gasteiger partial charge in [0.1, 0.15) is 0 Å². The Labute approximate surface area is 120 Å². The fourth-order valence-electron chi connectivity index (χ4n) is 1.46. The molecule has 1 aromatic rings. The lowest BCUT2D eigenvalue weighted by Crippen LogP contribution is -2.32. The Bertz CT molecular complexity index is 559. The van der Waals surface area contributed by atoms with Gasteiger partial charge in [0.05, 0.1) is 16.5 Å². The standard InChI is InChI=1S/C11H9Cl2N3OS/c1-6-4-10(17)16(15-6)11(18)14-7-2-3-8(12)9(13)5-7/h2-3,5H,4H2,1H3,(H,14,18). The Morgan fingerprint density at radius 1 is 1.44 bits per heavy atom. The summed E-state index contributed by atoms with van der Waals surface area (Å²) < 4.78 is 0. The lowest BCUT2D eigenvalue weighted by atomic mass is 10.3. The maximum Gasteiger partial charge on any atom is 0.255 e. The van der Waals surface area contributed by atoms with Crippen LogP contribution >= 0.6 is 35.4 Å². The van der Waals surface area contributed by atoms with Crippen LogP contribution < -0.4 is 5.32 Å². The molecule has 1 aromatic carbocycles. The molecule has 0 atom stereocenters. The molecule has 4 nitrogen and oxygen atoms in total. The first-order chi connectivity index (χ1) is 8.47. The van der Waals surface area contributed by atoms with E-state index in [2.05, 4.69) is 10.4 Å². The van der Waals surface area contributed by atoms with Crippen molar-refractivity contribution in [2.45, 2.75) is 13.3 Å². The lowest BCUT2D eigenvalue weighted by molar-refractivity contribution is -0.124. The van der Waals surface area contributed by atoms with Crippen LogP contribution in [0.4, 0.5) is 5.69 Å². The van der Waals surface area contributed by atoms with Crippen molar-refractivity contribution in [2.24, 2.45) is 5.10 Å². The molecule has 7 heteroatoms. The number of anilines is 1. The van der Waals surface area contributed by atoms with Crippen LogP contribution in [0.3, 0.4) is 0 Å². The molecule has 0 bridgehead atoms. The first kappa shape index (κ1) is 13.3. The zero-order valence-corrected chi connectivity index (χ0v) is 11.7. The Morgan fingerprint density at radius 2 is 2.17 bits per heavy atom. The van der Waals surface area contributed by atoms with Gasteiger partial charge < -0.3 is 5.32 Å². The molecule has 0 aliphatic carbocycles. The summed E-state index contributed by atoms with van der Waals surface area (Å²) >= 11 is 16.8. The smallest absolute Gasteiger partial charge is 0.255 e. The number of thiocarbonyl (C=S) groups is 1. The number of benzene rings is 1. The average molecular weight is 302 g/mol. The number of hydrazone groups is 1. The number of carbonyl (C=O) groups is 1. The van der Waals surface area contributed by atoms with Crippen LogP contribution in [0.5, 0.6) is 0 Å². The van der Waals surface area contributed by atoms with Crippen LogP contribution in [0.1, 0.15) is 13.3 Å². The Balaban J connectivity index is 2.12. The molecule has 1 aliphatic rings. The Morgan fingerprint density at radius 3 is 2.72 bits per heavy atom. The molecule has 94 valence electrons. The van der Waals surface area contributed by atoms with Crippen LogP contribution in [0.2, 0.25) is 10.0 Å². The molecule has 0 unspecified atom stereocenters. The quantitative estimate of drug-likeness (QED) is 0.810. The third-order valence-electron chi connectivity index (χ3n) is 2.28. The van der Waals surface area contributed by atoms with Gasteiger partial charge in [-0.05, 0) is 37.3 Å². The number of nitrogens with one attached hydrogen (secondary N) is 1. The highest BCUT2D eigenvalue weighted by Crippen LogP contribution is 2.25. The minimum absolute atomic E-state index is 0.148. The molecular formula is C11H9Cl2N3OS. The van der Waals surface area contributed by atoms with Gasteiger partial charge in [-0.15, -0.1) is 0 Å². The number of nitrogens with zero attached hydrogens (tertiary/aromatic N) is 2. The fourth-order valence-corrected chi connectivity index (χ4v) is 2.02. The van der Waals surface area contributed by atoms with Crippen molar-refractivity contribution in [1.29, 1.82) is 0 Å². The summed E-state index contributed by atoms with van der Waals surface area (Å²) in [6, 6.07) is 5.00. The predicted octanol–water partition coefficient (Wildman–Crippen LogP) is 3.30. The number of carbonyl (C=O) groups excluding carboxylic acids is 1. The molecular weight excluding hydrogens is 293 g/mol. The van der Waals surface area contributed by atoms with Crippen molar-refractivity contribution >= 4 is 57.8 Å². The maximum atomic E-state index is 11.6. The molecule has 18 heavy (non-hydrogen) atoms. The Hall–Kier alpha value is -1.17. The van der Waals surface area contributed by atoms with Crippen LogP contribution in [0.15, 0.2) is 23.3 Å². The highest BCUT2D eigenvalue weighted by molar-refractivity contribution is 7.80. The zero-order chi connectivity index (χ0) is 13.3. The van der Waals surface area contributed by atoms with E-state index in [4.69, 9.17) is 35.4 Å². The number of halogens is 2. The van der Waals surface area contributed by atoms with Crippen molar-refractivity contribution < 1.29 is 4.79 Å². The average Bonchev–Trinajstić information content (AvgIpc) is 2.63. The summed E-state index contributed by atoms with van der Waals surface area (Å²) in [5.74, 6) is -0.148. The number of hydrogen-bond donors (Lipinski definition) is 1. The van der Waals surface area contributed by atoms with Gasteiger partial charge in [-0.25, -0.2) is 0 Å². The van der Waals surface area contributed by atoms with Gasteiger partial charge >= 0.3 is 0 Å². The molecule has 2 rings (SSSR count). The molecule has 1 heterocycles. The van der Waals surface area contributed by atoms with E-state index in [1.54, 1.807) is 25.1 Å². The van der Waals surface area contributed by atoms with Crippen LogP contribution in [0, 0.1) is 0 Å². The van der Waals surface area contributed by atoms with E-state index in [9.17, 15) is 4.79 Å². The van der Waals surface area contributed by atoms with Crippen LogP contribution in [-0.4, -0.2) is 21.7 Å². The second-order valence-electron chi connectivity index (χ2n) is 3.78. The molecule has 1 aliphatic heterocycles. The summed E-state index contributed by atoms with van der Waals surface area (Å²) in [5.41, 5.74) is 1.39. The monoisotopic (exact) mass is 301 g/mol. The first-order valence-corrected chi connectivity index (χ1v) is 6.27. The van der Waals surface area contributed by atoms with E-state index in [1.165, 1.54) is 5.01 Å². The minimum Gasteiger partial charge on any atom is -0.331 e. The van der Waals surface area contributed by atoms with Gasteiger partial charge in [0.2, 0.25) is 5.11 Å². The second-order valence-corrected chi connectivity index (χ2v) is 4.98. The van der Waals surface area contributed by atoms with E-state index in [1.807, 2.05) is 0 Å². The fraction of sp³-hybridized carbons (Fsp3) is 0.182. The minimum atomic E-state index is -0.148. The van der Waals surface area contributed by atoms with Crippen molar-refractivity contribution in [1.82, 2.24) is 5.01 Å².